The first-order valence-electron chi connectivity index (χ1n) is 10.5. The molecule has 1 aliphatic carbocycles. The number of nitrogens with one attached hydrogen (secondary N) is 1. The van der Waals surface area contributed by atoms with Gasteiger partial charge in [-0.1, -0.05) is 24.3 Å². The number of aromatic nitrogens is 2. The zero-order valence-electron chi connectivity index (χ0n) is 17.7. The van der Waals surface area contributed by atoms with Crippen molar-refractivity contribution in [2.75, 3.05) is 18.5 Å². The predicted octanol–water partition coefficient (Wildman–Crippen LogP) is 4.33. The molecular weight excluding hydrogens is 396 g/mol. The molecule has 0 saturated heterocycles. The molecule has 0 saturated carbocycles. The fourth-order valence-electron chi connectivity index (χ4n) is 4.29. The summed E-state index contributed by atoms with van der Waals surface area (Å²) in [6.07, 6.45) is 4.87. The Balaban J connectivity index is 1.71. The molecule has 30 heavy (non-hydrogen) atoms. The smallest absolute Gasteiger partial charge is 0.264 e. The molecule has 3 aromatic rings. The molecule has 4 rings (SSSR count). The summed E-state index contributed by atoms with van der Waals surface area (Å²) in [4.78, 5) is 25.4. The molecule has 0 fully saturated rings. The largest absolute Gasteiger partial charge is 0.395 e. The number of benzene rings is 1. The van der Waals surface area contributed by atoms with E-state index in [1.54, 1.807) is 11.2 Å². The van der Waals surface area contributed by atoms with Crippen LogP contribution in [0, 0.1) is 6.92 Å². The molecule has 1 aromatic carbocycles. The summed E-state index contributed by atoms with van der Waals surface area (Å²) in [6, 6.07) is 8.79. The average Bonchev–Trinajstić information content (AvgIpc) is 3.09. The van der Waals surface area contributed by atoms with Gasteiger partial charge in [0.05, 0.1) is 22.9 Å². The van der Waals surface area contributed by atoms with E-state index >= 15 is 0 Å². The summed E-state index contributed by atoms with van der Waals surface area (Å²) in [5.41, 5.74) is 3.62. The molecule has 0 spiro atoms. The Morgan fingerprint density at radius 3 is 2.90 bits per heavy atom. The maximum atomic E-state index is 13.2. The summed E-state index contributed by atoms with van der Waals surface area (Å²) < 4.78 is 0. The first-order chi connectivity index (χ1) is 14.5. The van der Waals surface area contributed by atoms with Gasteiger partial charge in [0.25, 0.3) is 5.91 Å². The lowest BCUT2D eigenvalue weighted by atomic mass is 9.87. The first kappa shape index (κ1) is 20.8. The van der Waals surface area contributed by atoms with Crippen LogP contribution < -0.4 is 5.32 Å². The van der Waals surface area contributed by atoms with Crippen molar-refractivity contribution in [1.29, 1.82) is 0 Å². The Labute approximate surface area is 181 Å². The number of aliphatic hydroxyl groups is 1. The van der Waals surface area contributed by atoms with Crippen molar-refractivity contribution in [3.63, 3.8) is 0 Å². The third-order valence-electron chi connectivity index (χ3n) is 5.83. The lowest BCUT2D eigenvalue weighted by Crippen LogP contribution is -2.38. The number of hydrogen-bond acceptors (Lipinski definition) is 6. The molecule has 0 unspecified atom stereocenters. The molecule has 7 heteroatoms. The summed E-state index contributed by atoms with van der Waals surface area (Å²) in [6.45, 7) is 6.15. The highest BCUT2D eigenvalue weighted by Crippen LogP contribution is 2.38. The van der Waals surface area contributed by atoms with Gasteiger partial charge in [0.1, 0.15) is 17.0 Å². The van der Waals surface area contributed by atoms with E-state index in [0.717, 1.165) is 40.9 Å². The van der Waals surface area contributed by atoms with Gasteiger partial charge in [0, 0.05) is 12.6 Å². The number of anilines is 1. The molecule has 1 amide bonds. The standard InChI is InChI=1S/C23H28N4O2S/c1-14(2)27(11-12-28)23(29)20-15(3)19-21(24-13-25-22(19)30-20)26-18-10-6-8-16-7-4-5-9-17(16)18/h4-5,7,9,13-14,18,28H,6,8,10-12H2,1-3H3,(H,24,25,26)/t18-/m1/s1. The number of nitrogens with zero attached hydrogens (tertiary/aromatic N) is 3. The lowest BCUT2D eigenvalue weighted by molar-refractivity contribution is 0.0670. The van der Waals surface area contributed by atoms with E-state index < -0.39 is 0 Å². The molecule has 0 aliphatic heterocycles. The molecule has 2 aromatic heterocycles. The van der Waals surface area contributed by atoms with Crippen LogP contribution in [0.3, 0.4) is 0 Å². The highest BCUT2D eigenvalue weighted by molar-refractivity contribution is 7.20. The van der Waals surface area contributed by atoms with Gasteiger partial charge in [-0.25, -0.2) is 9.97 Å². The fraction of sp³-hybridized carbons (Fsp3) is 0.435. The van der Waals surface area contributed by atoms with Crippen LogP contribution in [0.4, 0.5) is 5.82 Å². The Kier molecular flexibility index (Phi) is 6.01. The van der Waals surface area contributed by atoms with E-state index in [0.29, 0.717) is 11.4 Å². The minimum atomic E-state index is -0.0616. The SMILES string of the molecule is Cc1c(C(=O)N(CCO)C(C)C)sc2ncnc(N[C@@H]3CCCc4ccccc43)c12. The zero-order valence-corrected chi connectivity index (χ0v) is 18.5. The van der Waals surface area contributed by atoms with Gasteiger partial charge in [-0.3, -0.25) is 4.79 Å². The second kappa shape index (κ2) is 8.70. The number of thiophene rings is 1. The van der Waals surface area contributed by atoms with Crippen molar-refractivity contribution in [3.05, 3.63) is 52.2 Å². The van der Waals surface area contributed by atoms with Crippen molar-refractivity contribution in [1.82, 2.24) is 14.9 Å². The van der Waals surface area contributed by atoms with E-state index in [1.807, 2.05) is 20.8 Å². The summed E-state index contributed by atoms with van der Waals surface area (Å²) in [5.74, 6) is 0.723. The monoisotopic (exact) mass is 424 g/mol. The lowest BCUT2D eigenvalue weighted by Gasteiger charge is -2.27. The van der Waals surface area contributed by atoms with Crippen molar-refractivity contribution >= 4 is 33.3 Å². The number of rotatable bonds is 6. The zero-order chi connectivity index (χ0) is 21.3. The quantitative estimate of drug-likeness (QED) is 0.616. The van der Waals surface area contributed by atoms with Crippen LogP contribution >= 0.6 is 11.3 Å². The molecule has 6 nitrogen and oxygen atoms in total. The van der Waals surface area contributed by atoms with Crippen LogP contribution in [-0.2, 0) is 6.42 Å². The van der Waals surface area contributed by atoms with Crippen molar-refractivity contribution < 1.29 is 9.90 Å². The Morgan fingerprint density at radius 2 is 2.13 bits per heavy atom. The van der Waals surface area contributed by atoms with E-state index in [1.165, 1.54) is 22.5 Å². The van der Waals surface area contributed by atoms with Gasteiger partial charge >= 0.3 is 0 Å². The Morgan fingerprint density at radius 1 is 1.33 bits per heavy atom. The maximum Gasteiger partial charge on any atom is 0.264 e. The molecule has 0 bridgehead atoms. The molecule has 0 radical (unpaired) electrons. The van der Waals surface area contributed by atoms with Crippen LogP contribution in [-0.4, -0.2) is 45.1 Å². The number of aliphatic hydroxyl groups excluding tert-OH is 1. The van der Waals surface area contributed by atoms with Gasteiger partial charge in [-0.2, -0.15) is 0 Å². The minimum Gasteiger partial charge on any atom is -0.395 e. The third-order valence-corrected chi connectivity index (χ3v) is 7.01. The van der Waals surface area contributed by atoms with E-state index in [4.69, 9.17) is 0 Å². The van der Waals surface area contributed by atoms with Crippen molar-refractivity contribution in [2.45, 2.75) is 52.1 Å². The van der Waals surface area contributed by atoms with Crippen LogP contribution in [0.5, 0.6) is 0 Å². The molecule has 2 N–H and O–H groups in total. The highest BCUT2D eigenvalue weighted by Gasteiger charge is 2.26. The van der Waals surface area contributed by atoms with Crippen LogP contribution in [0.25, 0.3) is 10.2 Å². The predicted molar refractivity (Wildman–Crippen MR) is 121 cm³/mol. The third kappa shape index (κ3) is 3.79. The van der Waals surface area contributed by atoms with Gasteiger partial charge < -0.3 is 15.3 Å². The molecule has 2 heterocycles. The fourth-order valence-corrected chi connectivity index (χ4v) is 5.39. The molecule has 158 valence electrons. The van der Waals surface area contributed by atoms with Crippen LogP contribution in [0.2, 0.25) is 0 Å². The number of fused-ring (bicyclic) bond motifs is 2. The number of hydrogen-bond donors (Lipinski definition) is 2. The topological polar surface area (TPSA) is 78.4 Å². The van der Waals surface area contributed by atoms with Crippen LogP contribution in [0.1, 0.15) is 59.1 Å². The normalized spacial score (nSPS) is 16.0. The maximum absolute atomic E-state index is 13.2. The molecule has 1 aliphatic rings. The molecule has 1 atom stereocenters. The summed E-state index contributed by atoms with van der Waals surface area (Å²) >= 11 is 1.40. The molecular formula is C23H28N4O2S. The number of carbonyl (C=O) groups excluding carboxylic acids is 1. The van der Waals surface area contributed by atoms with Crippen molar-refractivity contribution in [3.8, 4) is 0 Å². The highest BCUT2D eigenvalue weighted by atomic mass is 32.1. The van der Waals surface area contributed by atoms with Crippen molar-refractivity contribution in [2.24, 2.45) is 0 Å². The van der Waals surface area contributed by atoms with Gasteiger partial charge in [0.15, 0.2) is 0 Å². The first-order valence-corrected chi connectivity index (χ1v) is 11.3. The van der Waals surface area contributed by atoms with Gasteiger partial charge in [-0.15, -0.1) is 11.3 Å². The Hall–Kier alpha value is -2.51. The van der Waals surface area contributed by atoms with Gasteiger partial charge in [-0.05, 0) is 56.7 Å². The second-order valence-corrected chi connectivity index (χ2v) is 9.06. The average molecular weight is 425 g/mol. The number of carbonyl (C=O) groups is 1. The van der Waals surface area contributed by atoms with Gasteiger partial charge in [0.2, 0.25) is 0 Å². The minimum absolute atomic E-state index is 0.0108. The van der Waals surface area contributed by atoms with E-state index in [2.05, 4.69) is 39.6 Å². The van der Waals surface area contributed by atoms with E-state index in [9.17, 15) is 9.90 Å². The number of aryl methyl sites for hydroxylation is 2. The van der Waals surface area contributed by atoms with Crippen LogP contribution in [0.15, 0.2) is 30.6 Å². The second-order valence-electron chi connectivity index (χ2n) is 8.06. The van der Waals surface area contributed by atoms with E-state index in [-0.39, 0.29) is 24.6 Å². The number of amides is 1. The Bertz CT molecular complexity index is 1060. The summed E-state index contributed by atoms with van der Waals surface area (Å²) in [5, 5.41) is 13.9. The summed E-state index contributed by atoms with van der Waals surface area (Å²) in [7, 11) is 0.